The first-order chi connectivity index (χ1) is 15.7. The molecule has 2 N–H and O–H groups in total. The van der Waals surface area contributed by atoms with Gasteiger partial charge in [-0.2, -0.15) is 4.39 Å². The molecule has 0 radical (unpaired) electrons. The lowest BCUT2D eigenvalue weighted by Gasteiger charge is -2.41. The molecule has 0 unspecified atom stereocenters. The zero-order chi connectivity index (χ0) is 25.4. The standard InChI is InChI=1S/C19H21ClFN5O2/c1-10-8-23-9-16(26(10)11(2)27)13-5-14(24-17(20)6-13)12-4-15(19(28)22-3)25-18(21)7-12/h4-7,10,16,23H,8-9H2,1-3H3,(H,22,28)/t10-,16+/m1/s1/i2D3,3D3. The molecule has 7 nitrogen and oxygen atoms in total. The Morgan fingerprint density at radius 1 is 1.32 bits per heavy atom. The van der Waals surface area contributed by atoms with Crippen molar-refractivity contribution < 1.29 is 22.2 Å². The SMILES string of the molecule is [2H]C([2H])([2H])NC(=O)c1cc(-c2cc([C@@H]3CNC[C@@H](C)N3C(=O)C([2H])([2H])[2H])cc(Cl)n2)cc(F)n1. The van der Waals surface area contributed by atoms with Gasteiger partial charge in [-0.25, -0.2) is 9.97 Å². The fourth-order valence-corrected chi connectivity index (χ4v) is 3.45. The van der Waals surface area contributed by atoms with E-state index in [9.17, 15) is 14.0 Å². The second-order valence-electron chi connectivity index (χ2n) is 6.36. The van der Waals surface area contributed by atoms with Gasteiger partial charge in [0.05, 0.1) is 11.7 Å². The van der Waals surface area contributed by atoms with Crippen LogP contribution in [-0.4, -0.2) is 52.8 Å². The first-order valence-corrected chi connectivity index (χ1v) is 8.75. The Labute approximate surface area is 175 Å². The number of aromatic nitrogens is 2. The van der Waals surface area contributed by atoms with Crippen molar-refractivity contribution in [3.8, 4) is 11.3 Å². The summed E-state index contributed by atoms with van der Waals surface area (Å²) in [5.41, 5.74) is 0.155. The van der Waals surface area contributed by atoms with E-state index in [2.05, 4.69) is 15.3 Å². The van der Waals surface area contributed by atoms with E-state index in [-0.39, 0.29) is 23.0 Å². The van der Waals surface area contributed by atoms with E-state index in [1.807, 2.05) is 0 Å². The molecule has 0 aromatic carbocycles. The van der Waals surface area contributed by atoms with Gasteiger partial charge in [0.1, 0.15) is 10.8 Å². The number of piperazine rings is 1. The third-order valence-corrected chi connectivity index (χ3v) is 4.65. The summed E-state index contributed by atoms with van der Waals surface area (Å²) in [6, 6.07) is 3.96. The number of rotatable bonds is 3. The van der Waals surface area contributed by atoms with Gasteiger partial charge in [-0.05, 0) is 30.7 Å². The van der Waals surface area contributed by atoms with Crippen LogP contribution in [0.15, 0.2) is 24.3 Å². The molecule has 0 saturated carbocycles. The number of nitrogens with zero attached hydrogens (tertiary/aromatic N) is 3. The molecule has 2 aromatic heterocycles. The van der Waals surface area contributed by atoms with Gasteiger partial charge < -0.3 is 15.5 Å². The van der Waals surface area contributed by atoms with Gasteiger partial charge in [0.15, 0.2) is 0 Å². The third-order valence-electron chi connectivity index (χ3n) is 4.46. The Hall–Kier alpha value is -2.58. The van der Waals surface area contributed by atoms with Gasteiger partial charge in [0, 0.05) is 52.8 Å². The molecule has 0 spiro atoms. The maximum absolute atomic E-state index is 14.2. The monoisotopic (exact) mass is 411 g/mol. The topological polar surface area (TPSA) is 87.2 Å². The Kier molecular flexibility index (Phi) is 3.97. The van der Waals surface area contributed by atoms with Crippen LogP contribution in [0, 0.1) is 5.95 Å². The predicted molar refractivity (Wildman–Crippen MR) is 103 cm³/mol. The molecule has 2 amide bonds. The molecule has 1 aliphatic heterocycles. The van der Waals surface area contributed by atoms with Crippen molar-refractivity contribution >= 4 is 23.4 Å². The van der Waals surface area contributed by atoms with E-state index in [0.29, 0.717) is 12.1 Å². The summed E-state index contributed by atoms with van der Waals surface area (Å²) >= 11 is 6.19. The van der Waals surface area contributed by atoms with Gasteiger partial charge >= 0.3 is 0 Å². The van der Waals surface area contributed by atoms with Crippen LogP contribution in [0.3, 0.4) is 0 Å². The molecular formula is C19H21ClFN5O2. The molecular weight excluding hydrogens is 385 g/mol. The minimum absolute atomic E-state index is 0.0160. The molecule has 2 atom stereocenters. The smallest absolute Gasteiger partial charge is 0.269 e. The molecule has 3 rings (SSSR count). The summed E-state index contributed by atoms with van der Waals surface area (Å²) in [6.45, 7) is -3.30. The Morgan fingerprint density at radius 2 is 2.14 bits per heavy atom. The lowest BCUT2D eigenvalue weighted by molar-refractivity contribution is -0.134. The summed E-state index contributed by atoms with van der Waals surface area (Å²) in [4.78, 5) is 33.7. The molecule has 28 heavy (non-hydrogen) atoms. The molecule has 1 fully saturated rings. The minimum atomic E-state index is -2.84. The normalized spacial score (nSPS) is 23.5. The summed E-state index contributed by atoms with van der Waals surface area (Å²) in [7, 11) is 0. The van der Waals surface area contributed by atoms with Gasteiger partial charge in [-0.1, -0.05) is 11.6 Å². The number of carbonyl (C=O) groups is 2. The Morgan fingerprint density at radius 3 is 2.89 bits per heavy atom. The van der Waals surface area contributed by atoms with Gasteiger partial charge in [0.2, 0.25) is 11.9 Å². The van der Waals surface area contributed by atoms with E-state index in [0.717, 1.165) is 12.1 Å². The molecule has 148 valence electrons. The number of pyridine rings is 2. The zero-order valence-corrected chi connectivity index (χ0v) is 15.5. The Bertz CT molecular complexity index is 1110. The molecule has 3 heterocycles. The number of hydrogen-bond donors (Lipinski definition) is 2. The number of nitrogens with one attached hydrogen (secondary N) is 2. The average molecular weight is 412 g/mol. The van der Waals surface area contributed by atoms with Crippen LogP contribution in [0.1, 0.15) is 44.1 Å². The van der Waals surface area contributed by atoms with E-state index in [4.69, 9.17) is 19.8 Å². The molecule has 9 heteroatoms. The average Bonchev–Trinajstić information content (AvgIpc) is 2.70. The summed E-state index contributed by atoms with van der Waals surface area (Å²) < 4.78 is 58.2. The van der Waals surface area contributed by atoms with Crippen molar-refractivity contribution in [2.24, 2.45) is 0 Å². The highest BCUT2D eigenvalue weighted by Gasteiger charge is 2.31. The maximum Gasteiger partial charge on any atom is 0.269 e. The lowest BCUT2D eigenvalue weighted by Crippen LogP contribution is -2.53. The van der Waals surface area contributed by atoms with Crippen LogP contribution in [0.25, 0.3) is 11.3 Å². The number of halogens is 2. The van der Waals surface area contributed by atoms with Gasteiger partial charge in [-0.3, -0.25) is 9.59 Å². The molecule has 2 aromatic rings. The first kappa shape index (κ1) is 13.6. The zero-order valence-electron chi connectivity index (χ0n) is 20.8. The quantitative estimate of drug-likeness (QED) is 0.756. The highest BCUT2D eigenvalue weighted by Crippen LogP contribution is 2.30. The fourth-order valence-electron chi connectivity index (χ4n) is 3.24. The summed E-state index contributed by atoms with van der Waals surface area (Å²) in [5, 5.41) is 4.85. The van der Waals surface area contributed by atoms with Crippen LogP contribution < -0.4 is 10.6 Å². The second kappa shape index (κ2) is 8.20. The number of amides is 2. The van der Waals surface area contributed by atoms with Crippen molar-refractivity contribution in [1.29, 1.82) is 0 Å². The summed E-state index contributed by atoms with van der Waals surface area (Å²) in [5.74, 6) is -3.18. The molecule has 0 bridgehead atoms. The fraction of sp³-hybridized carbons (Fsp3) is 0.368. The van der Waals surface area contributed by atoms with Crippen molar-refractivity contribution in [2.75, 3.05) is 20.1 Å². The van der Waals surface area contributed by atoms with Crippen LogP contribution >= 0.6 is 11.6 Å². The van der Waals surface area contributed by atoms with E-state index >= 15 is 0 Å². The summed E-state index contributed by atoms with van der Waals surface area (Å²) in [6.07, 6.45) is 0. The van der Waals surface area contributed by atoms with Crippen molar-refractivity contribution in [3.05, 3.63) is 46.6 Å². The molecule has 1 aliphatic rings. The highest BCUT2D eigenvalue weighted by atomic mass is 35.5. The maximum atomic E-state index is 14.2. The lowest BCUT2D eigenvalue weighted by atomic mass is 9.99. The third kappa shape index (κ3) is 4.13. The second-order valence-corrected chi connectivity index (χ2v) is 6.75. The van der Waals surface area contributed by atoms with Crippen molar-refractivity contribution in [1.82, 2.24) is 25.5 Å². The Balaban J connectivity index is 2.04. The van der Waals surface area contributed by atoms with E-state index < -0.39 is 49.4 Å². The largest absolute Gasteiger partial charge is 0.354 e. The number of hydrogen-bond acceptors (Lipinski definition) is 5. The predicted octanol–water partition coefficient (Wildman–Crippen LogP) is 2.18. The van der Waals surface area contributed by atoms with Gasteiger partial charge in [0.25, 0.3) is 5.91 Å². The first-order valence-electron chi connectivity index (χ1n) is 11.4. The van der Waals surface area contributed by atoms with E-state index in [1.54, 1.807) is 12.2 Å². The van der Waals surface area contributed by atoms with Crippen LogP contribution in [-0.2, 0) is 4.79 Å². The van der Waals surface area contributed by atoms with Crippen LogP contribution in [0.5, 0.6) is 0 Å². The van der Waals surface area contributed by atoms with Crippen LogP contribution in [0.4, 0.5) is 4.39 Å². The van der Waals surface area contributed by atoms with Crippen molar-refractivity contribution in [3.63, 3.8) is 0 Å². The van der Waals surface area contributed by atoms with Crippen molar-refractivity contribution in [2.45, 2.75) is 25.9 Å². The highest BCUT2D eigenvalue weighted by molar-refractivity contribution is 6.29. The van der Waals surface area contributed by atoms with Crippen LogP contribution in [0.2, 0.25) is 5.15 Å². The molecule has 1 saturated heterocycles. The number of carbonyl (C=O) groups excluding carboxylic acids is 2. The van der Waals surface area contributed by atoms with Gasteiger partial charge in [-0.15, -0.1) is 0 Å². The molecule has 0 aliphatic carbocycles. The van der Waals surface area contributed by atoms with E-state index in [1.165, 1.54) is 17.0 Å². The minimum Gasteiger partial charge on any atom is -0.354 e.